The third-order valence-electron chi connectivity index (χ3n) is 6.65. The van der Waals surface area contributed by atoms with E-state index in [-0.39, 0.29) is 11.8 Å². The van der Waals surface area contributed by atoms with Crippen molar-refractivity contribution in [3.63, 3.8) is 0 Å². The summed E-state index contributed by atoms with van der Waals surface area (Å²) >= 11 is 0. The molecule has 1 aromatic heterocycles. The fourth-order valence-corrected chi connectivity index (χ4v) is 4.96. The van der Waals surface area contributed by atoms with Gasteiger partial charge in [-0.25, -0.2) is 4.98 Å². The van der Waals surface area contributed by atoms with Crippen molar-refractivity contribution in [3.05, 3.63) is 72.6 Å². The number of hydrogen-bond donors (Lipinski definition) is 0. The molecule has 36 heavy (non-hydrogen) atoms. The normalized spacial score (nSPS) is 17.0. The van der Waals surface area contributed by atoms with Gasteiger partial charge in [-0.3, -0.25) is 4.79 Å². The lowest BCUT2D eigenvalue weighted by Crippen LogP contribution is -2.25. The van der Waals surface area contributed by atoms with Crippen LogP contribution in [0, 0.1) is 0 Å². The Morgan fingerprint density at radius 3 is 2.61 bits per heavy atom. The van der Waals surface area contributed by atoms with Gasteiger partial charge in [0.15, 0.2) is 23.0 Å². The monoisotopic (exact) mass is 485 g/mol. The highest BCUT2D eigenvalue weighted by Crippen LogP contribution is 2.38. The van der Waals surface area contributed by atoms with Crippen LogP contribution < -0.4 is 23.8 Å². The molecule has 0 saturated carbocycles. The first kappa shape index (κ1) is 22.3. The van der Waals surface area contributed by atoms with E-state index >= 15 is 0 Å². The Morgan fingerprint density at radius 2 is 1.75 bits per heavy atom. The quantitative estimate of drug-likeness (QED) is 0.386. The Hall–Kier alpha value is -4.20. The molecule has 0 aliphatic carbocycles. The van der Waals surface area contributed by atoms with Crippen LogP contribution in [0.2, 0.25) is 0 Å². The molecule has 8 nitrogen and oxygen atoms in total. The summed E-state index contributed by atoms with van der Waals surface area (Å²) in [7, 11) is 1.63. The van der Waals surface area contributed by atoms with Crippen molar-refractivity contribution in [1.29, 1.82) is 0 Å². The molecule has 8 heteroatoms. The van der Waals surface area contributed by atoms with Crippen molar-refractivity contribution in [2.24, 2.45) is 0 Å². The number of carbonyl (C=O) groups is 1. The Labute approximate surface area is 209 Å². The second kappa shape index (κ2) is 9.45. The Morgan fingerprint density at radius 1 is 0.972 bits per heavy atom. The molecule has 1 unspecified atom stereocenters. The van der Waals surface area contributed by atoms with Crippen molar-refractivity contribution < 1.29 is 23.7 Å². The second-order valence-electron chi connectivity index (χ2n) is 8.84. The minimum absolute atomic E-state index is 0.0376. The number of amides is 1. The topological polar surface area (TPSA) is 75.1 Å². The number of methoxy groups -OCH3 is 1. The first-order chi connectivity index (χ1) is 17.7. The molecule has 6 rings (SSSR count). The van der Waals surface area contributed by atoms with Gasteiger partial charge in [-0.15, -0.1) is 0 Å². The third-order valence-corrected chi connectivity index (χ3v) is 6.65. The molecule has 0 spiro atoms. The van der Waals surface area contributed by atoms with E-state index in [1.54, 1.807) is 7.11 Å². The first-order valence-corrected chi connectivity index (χ1v) is 12.1. The van der Waals surface area contributed by atoms with E-state index in [2.05, 4.69) is 10.6 Å². The van der Waals surface area contributed by atoms with Gasteiger partial charge in [0.25, 0.3) is 0 Å². The summed E-state index contributed by atoms with van der Waals surface area (Å²) in [4.78, 5) is 19.9. The zero-order valence-electron chi connectivity index (χ0n) is 20.1. The first-order valence-electron chi connectivity index (χ1n) is 12.1. The Balaban J connectivity index is 1.25. The van der Waals surface area contributed by atoms with Crippen molar-refractivity contribution in [3.8, 4) is 23.0 Å². The number of benzene rings is 3. The van der Waals surface area contributed by atoms with Crippen LogP contribution in [0.15, 0.2) is 66.7 Å². The molecule has 1 atom stereocenters. The Kier molecular flexibility index (Phi) is 5.85. The van der Waals surface area contributed by atoms with Crippen LogP contribution in [0.25, 0.3) is 11.0 Å². The van der Waals surface area contributed by atoms with Crippen molar-refractivity contribution in [2.45, 2.75) is 18.9 Å². The Bertz CT molecular complexity index is 1420. The van der Waals surface area contributed by atoms with Crippen LogP contribution in [0.1, 0.15) is 18.2 Å². The van der Waals surface area contributed by atoms with Crippen LogP contribution in [0.4, 0.5) is 5.69 Å². The number of fused-ring (bicyclic) bond motifs is 2. The maximum atomic E-state index is 13.1. The van der Waals surface area contributed by atoms with Crippen LogP contribution in [-0.2, 0) is 11.3 Å². The molecular weight excluding hydrogens is 458 g/mol. The van der Waals surface area contributed by atoms with Gasteiger partial charge < -0.3 is 28.4 Å². The smallest absolute Gasteiger partial charge is 0.227 e. The summed E-state index contributed by atoms with van der Waals surface area (Å²) in [5, 5.41) is 0. The fraction of sp³-hybridized carbons (Fsp3) is 0.286. The van der Waals surface area contributed by atoms with E-state index in [1.165, 1.54) is 0 Å². The molecule has 1 saturated heterocycles. The van der Waals surface area contributed by atoms with Gasteiger partial charge in [-0.2, -0.15) is 0 Å². The average molecular weight is 486 g/mol. The molecule has 3 aromatic carbocycles. The van der Waals surface area contributed by atoms with Gasteiger partial charge in [-0.05, 0) is 36.4 Å². The lowest BCUT2D eigenvalue weighted by atomic mass is 10.1. The van der Waals surface area contributed by atoms with Crippen LogP contribution in [-0.4, -0.2) is 48.9 Å². The van der Waals surface area contributed by atoms with E-state index < -0.39 is 0 Å². The number of aromatic nitrogens is 2. The summed E-state index contributed by atoms with van der Waals surface area (Å²) in [5.41, 5.74) is 2.75. The molecular formula is C28H27N3O5. The molecule has 2 aliphatic heterocycles. The highest BCUT2D eigenvalue weighted by Gasteiger charge is 2.35. The summed E-state index contributed by atoms with van der Waals surface area (Å²) in [5.74, 6) is 3.72. The standard InChI is InChI=1S/C28H27N3O5/c1-33-23-8-4-5-9-24(23)34-13-12-30-22-7-3-2-6-21(22)29-28(30)19-16-27(32)31(18-19)20-10-11-25-26(17-20)36-15-14-35-25/h2-11,17,19H,12-16,18H2,1H3. The molecule has 1 fully saturated rings. The maximum absolute atomic E-state index is 13.1. The average Bonchev–Trinajstić information content (AvgIpc) is 3.49. The molecule has 0 bridgehead atoms. The van der Waals surface area contributed by atoms with E-state index in [4.69, 9.17) is 23.9 Å². The number of nitrogens with zero attached hydrogens (tertiary/aromatic N) is 3. The molecule has 3 heterocycles. The number of anilines is 1. The summed E-state index contributed by atoms with van der Waals surface area (Å²) in [6.07, 6.45) is 0.394. The molecule has 184 valence electrons. The van der Waals surface area contributed by atoms with E-state index in [1.807, 2.05) is 65.6 Å². The van der Waals surface area contributed by atoms with Crippen molar-refractivity contribution >= 4 is 22.6 Å². The maximum Gasteiger partial charge on any atom is 0.227 e. The lowest BCUT2D eigenvalue weighted by Gasteiger charge is -2.22. The van der Waals surface area contributed by atoms with Crippen LogP contribution in [0.3, 0.4) is 0 Å². The van der Waals surface area contributed by atoms with Crippen LogP contribution in [0.5, 0.6) is 23.0 Å². The highest BCUT2D eigenvalue weighted by atomic mass is 16.6. The van der Waals surface area contributed by atoms with Crippen molar-refractivity contribution in [1.82, 2.24) is 9.55 Å². The molecule has 1 amide bonds. The minimum Gasteiger partial charge on any atom is -0.493 e. The predicted molar refractivity (Wildman–Crippen MR) is 135 cm³/mol. The number of para-hydroxylation sites is 4. The molecule has 4 aromatic rings. The summed E-state index contributed by atoms with van der Waals surface area (Å²) in [6.45, 7) is 2.64. The molecule has 0 radical (unpaired) electrons. The number of hydrogen-bond acceptors (Lipinski definition) is 6. The number of ether oxygens (including phenoxy) is 4. The zero-order valence-corrected chi connectivity index (χ0v) is 20.1. The molecule has 2 aliphatic rings. The highest BCUT2D eigenvalue weighted by molar-refractivity contribution is 5.97. The van der Waals surface area contributed by atoms with Gasteiger partial charge in [0.2, 0.25) is 5.91 Å². The number of rotatable bonds is 7. The minimum atomic E-state index is -0.0376. The summed E-state index contributed by atoms with van der Waals surface area (Å²) < 4.78 is 25.0. The second-order valence-corrected chi connectivity index (χ2v) is 8.84. The van der Waals surface area contributed by atoms with Gasteiger partial charge in [0, 0.05) is 30.6 Å². The zero-order chi connectivity index (χ0) is 24.5. The van der Waals surface area contributed by atoms with E-state index in [9.17, 15) is 4.79 Å². The SMILES string of the molecule is COc1ccccc1OCCn1c(C2CC(=O)N(c3ccc4c(c3)OCCO4)C2)nc2ccccc21. The summed E-state index contributed by atoms with van der Waals surface area (Å²) in [6, 6.07) is 21.3. The van der Waals surface area contributed by atoms with Crippen molar-refractivity contribution in [2.75, 3.05) is 38.4 Å². The van der Waals surface area contributed by atoms with E-state index in [0.29, 0.717) is 62.3 Å². The third kappa shape index (κ3) is 4.08. The van der Waals surface area contributed by atoms with Gasteiger partial charge in [-0.1, -0.05) is 24.3 Å². The predicted octanol–water partition coefficient (Wildman–Crippen LogP) is 4.42. The molecule has 0 N–H and O–H groups in total. The number of carbonyl (C=O) groups excluding carboxylic acids is 1. The van der Waals surface area contributed by atoms with Gasteiger partial charge >= 0.3 is 0 Å². The largest absolute Gasteiger partial charge is 0.493 e. The fourth-order valence-electron chi connectivity index (χ4n) is 4.96. The van der Waals surface area contributed by atoms with Gasteiger partial charge in [0.1, 0.15) is 25.6 Å². The number of imidazole rings is 1. The van der Waals surface area contributed by atoms with Crippen LogP contribution >= 0.6 is 0 Å². The lowest BCUT2D eigenvalue weighted by molar-refractivity contribution is -0.117. The van der Waals surface area contributed by atoms with E-state index in [0.717, 1.165) is 22.5 Å². The van der Waals surface area contributed by atoms with Gasteiger partial charge in [0.05, 0.1) is 24.7 Å².